The zero-order chi connectivity index (χ0) is 15.6. The van der Waals surface area contributed by atoms with Crippen molar-refractivity contribution in [1.29, 1.82) is 0 Å². The normalized spacial score (nSPS) is 11.5. The largest absolute Gasteiger partial charge is 0.437 e. The van der Waals surface area contributed by atoms with Gasteiger partial charge in [-0.25, -0.2) is 4.98 Å². The maximum atomic E-state index is 6.15. The highest BCUT2D eigenvalue weighted by Crippen LogP contribution is 2.32. The van der Waals surface area contributed by atoms with Gasteiger partial charge in [0.2, 0.25) is 5.88 Å². The molecule has 21 heavy (non-hydrogen) atoms. The van der Waals surface area contributed by atoms with Gasteiger partial charge in [-0.15, -0.1) is 0 Å². The first kappa shape index (κ1) is 16.3. The van der Waals surface area contributed by atoms with Gasteiger partial charge in [-0.2, -0.15) is 0 Å². The van der Waals surface area contributed by atoms with Crippen LogP contribution in [0.5, 0.6) is 11.6 Å². The van der Waals surface area contributed by atoms with Gasteiger partial charge in [-0.05, 0) is 29.8 Å². The number of halogens is 2. The Morgan fingerprint density at radius 2 is 1.95 bits per heavy atom. The van der Waals surface area contributed by atoms with Gasteiger partial charge in [0.1, 0.15) is 5.75 Å². The number of aromatic nitrogens is 1. The van der Waals surface area contributed by atoms with E-state index in [1.807, 2.05) is 24.3 Å². The molecule has 0 saturated heterocycles. The molecule has 5 heteroatoms. The average Bonchev–Trinajstić information content (AvgIpc) is 2.41. The van der Waals surface area contributed by atoms with Crippen molar-refractivity contribution < 1.29 is 4.74 Å². The molecule has 1 heterocycles. The fraction of sp³-hybridized carbons (Fsp3) is 0.312. The molecule has 0 aliphatic rings. The van der Waals surface area contributed by atoms with Crippen molar-refractivity contribution in [2.75, 3.05) is 0 Å². The Labute approximate surface area is 138 Å². The molecule has 0 unspecified atom stereocenters. The lowest BCUT2D eigenvalue weighted by molar-refractivity contribution is 0.450. The molecule has 112 valence electrons. The van der Waals surface area contributed by atoms with E-state index in [0.29, 0.717) is 23.2 Å². The number of hydrogen-bond donors (Lipinski definition) is 1. The monoisotopic (exact) mass is 368 g/mol. The predicted molar refractivity (Wildman–Crippen MR) is 90.1 cm³/mol. The van der Waals surface area contributed by atoms with Gasteiger partial charge in [0, 0.05) is 22.5 Å². The van der Waals surface area contributed by atoms with E-state index < -0.39 is 0 Å². The van der Waals surface area contributed by atoms with Gasteiger partial charge in [0.15, 0.2) is 0 Å². The van der Waals surface area contributed by atoms with Crippen molar-refractivity contribution >= 4 is 27.5 Å². The van der Waals surface area contributed by atoms with Crippen molar-refractivity contribution in [2.45, 2.75) is 32.7 Å². The lowest BCUT2D eigenvalue weighted by Gasteiger charge is -2.20. The fourth-order valence-corrected chi connectivity index (χ4v) is 2.28. The molecule has 0 aliphatic heterocycles. The molecular formula is C16H18BrClN2O. The quantitative estimate of drug-likeness (QED) is 0.824. The number of nitrogens with zero attached hydrogens (tertiary/aromatic N) is 1. The Hall–Kier alpha value is -1.10. The highest BCUT2D eigenvalue weighted by molar-refractivity contribution is 9.10. The molecule has 2 aromatic rings. The van der Waals surface area contributed by atoms with Gasteiger partial charge in [0.25, 0.3) is 0 Å². The first-order valence-corrected chi connectivity index (χ1v) is 7.81. The van der Waals surface area contributed by atoms with Crippen LogP contribution < -0.4 is 10.5 Å². The van der Waals surface area contributed by atoms with Gasteiger partial charge in [-0.3, -0.25) is 0 Å². The van der Waals surface area contributed by atoms with Gasteiger partial charge < -0.3 is 10.5 Å². The highest BCUT2D eigenvalue weighted by atomic mass is 79.9. The van der Waals surface area contributed by atoms with Crippen LogP contribution >= 0.6 is 27.5 Å². The van der Waals surface area contributed by atoms with Crippen LogP contribution in [-0.4, -0.2) is 4.98 Å². The molecule has 3 nitrogen and oxygen atoms in total. The molecule has 2 N–H and O–H groups in total. The number of ether oxygens (including phenoxy) is 1. The van der Waals surface area contributed by atoms with Crippen molar-refractivity contribution in [2.24, 2.45) is 5.73 Å². The maximum Gasteiger partial charge on any atom is 0.219 e. The summed E-state index contributed by atoms with van der Waals surface area (Å²) in [6, 6.07) is 9.30. The number of rotatable bonds is 3. The first-order valence-electron chi connectivity index (χ1n) is 6.64. The second-order valence-corrected chi connectivity index (χ2v) is 7.15. The van der Waals surface area contributed by atoms with E-state index in [1.54, 1.807) is 6.07 Å². The molecule has 0 bridgehead atoms. The summed E-state index contributed by atoms with van der Waals surface area (Å²) in [6.07, 6.45) is 0. The smallest absolute Gasteiger partial charge is 0.219 e. The number of benzene rings is 1. The maximum absolute atomic E-state index is 6.15. The lowest BCUT2D eigenvalue weighted by Crippen LogP contribution is -2.15. The van der Waals surface area contributed by atoms with E-state index in [9.17, 15) is 0 Å². The van der Waals surface area contributed by atoms with Gasteiger partial charge in [-0.1, -0.05) is 48.3 Å². The van der Waals surface area contributed by atoms with Crippen LogP contribution in [0.25, 0.3) is 0 Å². The third-order valence-corrected chi connectivity index (χ3v) is 3.78. The second-order valence-electron chi connectivity index (χ2n) is 5.83. The molecule has 1 aromatic heterocycles. The number of nitrogens with two attached hydrogens (primary N) is 1. The standard InChI is InChI=1S/C16H18BrClN2O/c1-16(2,3)14-6-10(9-19)7-15(20-14)21-13-8-11(17)4-5-12(13)18/h4-8H,9,19H2,1-3H3. The molecule has 0 atom stereocenters. The van der Waals surface area contributed by atoms with Crippen LogP contribution in [0.2, 0.25) is 5.02 Å². The van der Waals surface area contributed by atoms with E-state index in [4.69, 9.17) is 22.1 Å². The summed E-state index contributed by atoms with van der Waals surface area (Å²) >= 11 is 9.56. The Morgan fingerprint density at radius 1 is 1.24 bits per heavy atom. The molecule has 0 spiro atoms. The van der Waals surface area contributed by atoms with E-state index >= 15 is 0 Å². The van der Waals surface area contributed by atoms with E-state index in [2.05, 4.69) is 41.7 Å². The Bertz CT molecular complexity index is 653. The van der Waals surface area contributed by atoms with Crippen LogP contribution in [0.4, 0.5) is 0 Å². The molecule has 0 amide bonds. The Morgan fingerprint density at radius 3 is 2.57 bits per heavy atom. The minimum atomic E-state index is -0.0790. The summed E-state index contributed by atoms with van der Waals surface area (Å²) in [4.78, 5) is 4.57. The van der Waals surface area contributed by atoms with Crippen LogP contribution in [-0.2, 0) is 12.0 Å². The van der Waals surface area contributed by atoms with Crippen LogP contribution in [0.3, 0.4) is 0 Å². The zero-order valence-electron chi connectivity index (χ0n) is 12.3. The van der Waals surface area contributed by atoms with E-state index in [-0.39, 0.29) is 5.41 Å². The van der Waals surface area contributed by atoms with Crippen molar-refractivity contribution in [1.82, 2.24) is 4.98 Å². The van der Waals surface area contributed by atoms with Crippen molar-refractivity contribution in [3.63, 3.8) is 0 Å². The molecular weight excluding hydrogens is 352 g/mol. The molecule has 0 fully saturated rings. The Balaban J connectivity index is 2.42. The first-order chi connectivity index (χ1) is 9.79. The van der Waals surface area contributed by atoms with Gasteiger partial charge in [0.05, 0.1) is 10.7 Å². The minimum Gasteiger partial charge on any atom is -0.437 e. The van der Waals surface area contributed by atoms with Crippen molar-refractivity contribution in [3.8, 4) is 11.6 Å². The summed E-state index contributed by atoms with van der Waals surface area (Å²) < 4.78 is 6.74. The summed E-state index contributed by atoms with van der Waals surface area (Å²) in [7, 11) is 0. The third-order valence-electron chi connectivity index (χ3n) is 2.97. The third kappa shape index (κ3) is 4.19. The molecule has 0 aliphatic carbocycles. The van der Waals surface area contributed by atoms with Gasteiger partial charge >= 0.3 is 0 Å². The lowest BCUT2D eigenvalue weighted by atomic mass is 9.91. The number of pyridine rings is 1. The van der Waals surface area contributed by atoms with Crippen LogP contribution in [0.1, 0.15) is 32.0 Å². The summed E-state index contributed by atoms with van der Waals surface area (Å²) in [5.74, 6) is 1.07. The van der Waals surface area contributed by atoms with Crippen molar-refractivity contribution in [3.05, 3.63) is 51.1 Å². The molecule has 2 rings (SSSR count). The van der Waals surface area contributed by atoms with Crippen LogP contribution in [0.15, 0.2) is 34.8 Å². The predicted octanol–water partition coefficient (Wildman–Crippen LogP) is 5.05. The highest BCUT2D eigenvalue weighted by Gasteiger charge is 2.18. The molecule has 0 radical (unpaired) electrons. The van der Waals surface area contributed by atoms with E-state index in [1.165, 1.54) is 0 Å². The molecule has 1 aromatic carbocycles. The van der Waals surface area contributed by atoms with E-state index in [0.717, 1.165) is 15.7 Å². The SMILES string of the molecule is CC(C)(C)c1cc(CN)cc(Oc2cc(Br)ccc2Cl)n1. The summed E-state index contributed by atoms with van der Waals surface area (Å²) in [5, 5.41) is 0.537. The molecule has 0 saturated carbocycles. The second kappa shape index (κ2) is 6.34. The summed E-state index contributed by atoms with van der Waals surface area (Å²) in [6.45, 7) is 6.75. The topological polar surface area (TPSA) is 48.1 Å². The Kier molecular flexibility index (Phi) is 4.91. The zero-order valence-corrected chi connectivity index (χ0v) is 14.6. The van der Waals surface area contributed by atoms with Crippen LogP contribution in [0, 0.1) is 0 Å². The number of hydrogen-bond acceptors (Lipinski definition) is 3. The summed E-state index contributed by atoms with van der Waals surface area (Å²) in [5.41, 5.74) is 7.60. The fourth-order valence-electron chi connectivity index (χ4n) is 1.78. The minimum absolute atomic E-state index is 0.0790. The average molecular weight is 370 g/mol.